The third-order valence-corrected chi connectivity index (χ3v) is 9.88. The van der Waals surface area contributed by atoms with E-state index in [4.69, 9.17) is 4.43 Å². The molecule has 0 aromatic rings. The first-order valence-corrected chi connectivity index (χ1v) is 12.1. The predicted molar refractivity (Wildman–Crippen MR) is 102 cm³/mol. The van der Waals surface area contributed by atoms with Crippen molar-refractivity contribution in [1.29, 1.82) is 0 Å². The average Bonchev–Trinajstić information content (AvgIpc) is 2.70. The van der Waals surface area contributed by atoms with Gasteiger partial charge >= 0.3 is 0 Å². The van der Waals surface area contributed by atoms with E-state index < -0.39 is 14.4 Å². The summed E-state index contributed by atoms with van der Waals surface area (Å²) in [6, 6.07) is 0. The second-order valence-electron chi connectivity index (χ2n) is 7.82. The molecule has 1 aliphatic carbocycles. The number of Topliss-reactive ketones (excluding diaryl/α,β-unsaturated/α-hetero) is 1. The van der Waals surface area contributed by atoms with Gasteiger partial charge in [0.2, 0.25) is 0 Å². The van der Waals surface area contributed by atoms with Crippen molar-refractivity contribution in [3.8, 4) is 0 Å². The Kier molecular flexibility index (Phi) is 7.91. The van der Waals surface area contributed by atoms with Crippen LogP contribution in [0.5, 0.6) is 0 Å². The molecule has 1 rings (SSSR count). The number of carbonyl (C=O) groups is 1. The fourth-order valence-electron chi connectivity index (χ4n) is 2.17. The van der Waals surface area contributed by atoms with Crippen molar-refractivity contribution in [3.63, 3.8) is 0 Å². The van der Waals surface area contributed by atoms with Gasteiger partial charge in [-0.15, -0.1) is 0 Å². The quantitative estimate of drug-likeness (QED) is 0.453. The molecule has 0 saturated heterocycles. The smallest absolute Gasteiger partial charge is 0.191 e. The third-order valence-electron chi connectivity index (χ3n) is 4.74. The lowest BCUT2D eigenvalue weighted by molar-refractivity contribution is -0.115. The van der Waals surface area contributed by atoms with Crippen LogP contribution in [0.15, 0.2) is 22.2 Å². The summed E-state index contributed by atoms with van der Waals surface area (Å²) in [4.78, 5) is 11.6. The van der Waals surface area contributed by atoms with Gasteiger partial charge in [0.05, 0.1) is 6.10 Å². The fraction of sp³-hybridized carbons (Fsp3) is 0.722. The van der Waals surface area contributed by atoms with E-state index in [0.717, 1.165) is 35.9 Å². The largest absolute Gasteiger partial charge is 0.417 e. The Bertz CT molecular complexity index is 475. The highest BCUT2D eigenvalue weighted by molar-refractivity contribution is 9.11. The van der Waals surface area contributed by atoms with Crippen LogP contribution in [0.1, 0.15) is 52.9 Å². The molecular formula is C18H31BrO3Si. The fourth-order valence-corrected chi connectivity index (χ4v) is 3.78. The van der Waals surface area contributed by atoms with Gasteiger partial charge in [0, 0.05) is 19.4 Å². The lowest BCUT2D eigenvalue weighted by Crippen LogP contribution is -2.40. The highest BCUT2D eigenvalue weighted by atomic mass is 79.9. The predicted octanol–water partition coefficient (Wildman–Crippen LogP) is 5.11. The lowest BCUT2D eigenvalue weighted by atomic mass is 10.1. The summed E-state index contributed by atoms with van der Waals surface area (Å²) in [5.74, 6) is 0.0608. The molecule has 0 amide bonds. The summed E-state index contributed by atoms with van der Waals surface area (Å²) in [7, 11) is -1.62. The van der Waals surface area contributed by atoms with E-state index in [0.29, 0.717) is 6.42 Å². The molecule has 1 atom stereocenters. The molecule has 3 nitrogen and oxygen atoms in total. The first-order valence-electron chi connectivity index (χ1n) is 8.43. The number of halogens is 1. The van der Waals surface area contributed by atoms with E-state index in [9.17, 15) is 9.90 Å². The van der Waals surface area contributed by atoms with Crippen LogP contribution in [0.4, 0.5) is 0 Å². The maximum Gasteiger partial charge on any atom is 0.191 e. The first kappa shape index (κ1) is 20.8. The van der Waals surface area contributed by atoms with Crippen molar-refractivity contribution in [2.75, 3.05) is 6.61 Å². The topological polar surface area (TPSA) is 46.5 Å². The van der Waals surface area contributed by atoms with Crippen LogP contribution >= 0.6 is 15.9 Å². The van der Waals surface area contributed by atoms with Gasteiger partial charge in [-0.1, -0.05) is 42.8 Å². The van der Waals surface area contributed by atoms with E-state index in [1.54, 1.807) is 6.08 Å². The zero-order valence-electron chi connectivity index (χ0n) is 15.1. The summed E-state index contributed by atoms with van der Waals surface area (Å²) in [6.07, 6.45) is 7.16. The summed E-state index contributed by atoms with van der Waals surface area (Å²) in [6.45, 7) is 12.2. The second kappa shape index (κ2) is 8.74. The molecular weight excluding hydrogens is 372 g/mol. The monoisotopic (exact) mass is 402 g/mol. The maximum atomic E-state index is 11.6. The van der Waals surface area contributed by atoms with Gasteiger partial charge in [0.25, 0.3) is 0 Å². The van der Waals surface area contributed by atoms with Crippen molar-refractivity contribution < 1.29 is 14.3 Å². The van der Waals surface area contributed by atoms with Gasteiger partial charge in [-0.05, 0) is 53.5 Å². The zero-order valence-corrected chi connectivity index (χ0v) is 17.7. The number of carbonyl (C=O) groups excluding carboxylic acids is 1. The Morgan fingerprint density at radius 1 is 1.43 bits per heavy atom. The second-order valence-corrected chi connectivity index (χ2v) is 13.6. The number of rotatable bonds is 8. The molecule has 0 heterocycles. The van der Waals surface area contributed by atoms with E-state index in [1.807, 2.05) is 0 Å². The van der Waals surface area contributed by atoms with Gasteiger partial charge in [0.1, 0.15) is 0 Å². The minimum Gasteiger partial charge on any atom is -0.417 e. The Balaban J connectivity index is 2.24. The Morgan fingerprint density at radius 3 is 2.61 bits per heavy atom. The van der Waals surface area contributed by atoms with E-state index in [1.165, 1.54) is 0 Å². The number of unbranched alkanes of at least 4 members (excludes halogenated alkanes) is 2. The summed E-state index contributed by atoms with van der Waals surface area (Å²) >= 11 is 3.52. The summed E-state index contributed by atoms with van der Waals surface area (Å²) in [5, 5.41) is 9.70. The Hall–Kier alpha value is -0.233. The van der Waals surface area contributed by atoms with Crippen LogP contribution in [0.25, 0.3) is 0 Å². The van der Waals surface area contributed by atoms with E-state index in [-0.39, 0.29) is 17.2 Å². The number of aliphatic hydroxyl groups is 1. The SMILES string of the molecule is CC(C)(C)[Si](C)(C)OCCCC/C=C(\Br)CC1=C[C@H](O)CC1=O. The van der Waals surface area contributed by atoms with E-state index in [2.05, 4.69) is 55.9 Å². The molecule has 0 spiro atoms. The molecule has 132 valence electrons. The molecule has 0 bridgehead atoms. The molecule has 1 N–H and O–H groups in total. The summed E-state index contributed by atoms with van der Waals surface area (Å²) < 4.78 is 7.18. The van der Waals surface area contributed by atoms with Crippen LogP contribution in [-0.2, 0) is 9.22 Å². The van der Waals surface area contributed by atoms with Crippen molar-refractivity contribution >= 4 is 30.0 Å². The average molecular weight is 403 g/mol. The highest BCUT2D eigenvalue weighted by Gasteiger charge is 2.36. The summed E-state index contributed by atoms with van der Waals surface area (Å²) in [5.41, 5.74) is 0.724. The Labute approximate surface area is 150 Å². The third kappa shape index (κ3) is 7.04. The molecule has 0 radical (unpaired) electrons. The minimum atomic E-state index is -1.62. The van der Waals surface area contributed by atoms with Crippen LogP contribution < -0.4 is 0 Å². The minimum absolute atomic E-state index is 0.0608. The normalized spacial score (nSPS) is 20.1. The lowest BCUT2D eigenvalue weighted by Gasteiger charge is -2.36. The number of ketones is 1. The molecule has 0 aliphatic heterocycles. The Morgan fingerprint density at radius 2 is 2.09 bits per heavy atom. The number of hydrogen-bond donors (Lipinski definition) is 1. The van der Waals surface area contributed by atoms with Crippen molar-refractivity contribution in [1.82, 2.24) is 0 Å². The number of allylic oxidation sites excluding steroid dienone is 3. The number of aliphatic hydroxyl groups excluding tert-OH is 1. The van der Waals surface area contributed by atoms with Gasteiger partial charge in [-0.2, -0.15) is 0 Å². The highest BCUT2D eigenvalue weighted by Crippen LogP contribution is 2.36. The van der Waals surface area contributed by atoms with Gasteiger partial charge in [0.15, 0.2) is 14.1 Å². The van der Waals surface area contributed by atoms with E-state index >= 15 is 0 Å². The standard InChI is InChI=1S/C18H31BrO3Si/c1-18(2,3)23(4,5)22-10-8-6-7-9-15(19)11-14-12-16(20)13-17(14)21/h9,12,16,20H,6-8,10-11,13H2,1-5H3/b15-9-/t16-/m0/s1. The molecule has 0 aromatic carbocycles. The molecule has 0 fully saturated rings. The molecule has 23 heavy (non-hydrogen) atoms. The zero-order chi connectivity index (χ0) is 17.7. The van der Waals surface area contributed by atoms with Crippen LogP contribution in [-0.4, -0.2) is 31.9 Å². The molecule has 5 heteroatoms. The number of hydrogen-bond acceptors (Lipinski definition) is 3. The molecule has 0 aromatic heterocycles. The maximum absolute atomic E-state index is 11.6. The van der Waals surface area contributed by atoms with Crippen molar-refractivity contribution in [2.45, 2.75) is 77.1 Å². The van der Waals surface area contributed by atoms with Crippen LogP contribution in [0, 0.1) is 0 Å². The molecule has 0 unspecified atom stereocenters. The van der Waals surface area contributed by atoms with Gasteiger partial charge in [-0.25, -0.2) is 0 Å². The molecule has 1 aliphatic rings. The first-order chi connectivity index (χ1) is 10.5. The van der Waals surface area contributed by atoms with Crippen LogP contribution in [0.2, 0.25) is 18.1 Å². The van der Waals surface area contributed by atoms with Crippen molar-refractivity contribution in [2.24, 2.45) is 0 Å². The molecule has 0 saturated carbocycles. The van der Waals surface area contributed by atoms with Crippen molar-refractivity contribution in [3.05, 3.63) is 22.2 Å². The van der Waals surface area contributed by atoms with Crippen LogP contribution in [0.3, 0.4) is 0 Å². The van der Waals surface area contributed by atoms with Gasteiger partial charge in [-0.3, -0.25) is 4.79 Å². The van der Waals surface area contributed by atoms with Gasteiger partial charge < -0.3 is 9.53 Å².